The molecule has 0 heterocycles. The van der Waals surface area contributed by atoms with Gasteiger partial charge in [0.2, 0.25) is 0 Å². The maximum atomic E-state index is 12.9. The lowest BCUT2D eigenvalue weighted by atomic mass is 10.0. The fourth-order valence-corrected chi connectivity index (χ4v) is 10.1. The van der Waals surface area contributed by atoms with E-state index >= 15 is 0 Å². The van der Waals surface area contributed by atoms with Crippen LogP contribution in [0.2, 0.25) is 0 Å². The zero-order valence-electron chi connectivity index (χ0n) is 48.9. The van der Waals surface area contributed by atoms with Gasteiger partial charge in [-0.1, -0.05) is 330 Å². The molecule has 6 heteroatoms. The lowest BCUT2D eigenvalue weighted by Gasteiger charge is -2.18. The Bertz CT molecular complexity index is 1090. The van der Waals surface area contributed by atoms with Gasteiger partial charge in [-0.15, -0.1) is 0 Å². The molecule has 1 atom stereocenters. The Morgan fingerprint density at radius 2 is 0.465 bits per heavy atom. The second-order valence-corrected chi connectivity index (χ2v) is 23.4. The minimum absolute atomic E-state index is 0.0617. The van der Waals surface area contributed by atoms with Gasteiger partial charge in [-0.05, 0) is 31.1 Å². The van der Waals surface area contributed by atoms with E-state index in [9.17, 15) is 14.4 Å². The van der Waals surface area contributed by atoms with Gasteiger partial charge in [-0.25, -0.2) is 0 Å². The molecule has 6 nitrogen and oxygen atoms in total. The highest BCUT2D eigenvalue weighted by Gasteiger charge is 2.19. The van der Waals surface area contributed by atoms with Crippen molar-refractivity contribution in [1.82, 2.24) is 0 Å². The number of carbonyl (C=O) groups is 3. The molecule has 0 aliphatic rings. The molecule has 0 aliphatic carbocycles. The van der Waals surface area contributed by atoms with E-state index in [0.29, 0.717) is 19.3 Å². The third-order valence-corrected chi connectivity index (χ3v) is 15.0. The van der Waals surface area contributed by atoms with E-state index in [1.165, 1.54) is 257 Å². The molecule has 0 fully saturated rings. The summed E-state index contributed by atoms with van der Waals surface area (Å²) >= 11 is 0. The molecular formula is C65H126O6. The van der Waals surface area contributed by atoms with Crippen LogP contribution < -0.4 is 0 Å². The molecule has 0 aromatic heterocycles. The lowest BCUT2D eigenvalue weighted by molar-refractivity contribution is -0.167. The first-order valence-corrected chi connectivity index (χ1v) is 32.2. The number of hydrogen-bond donors (Lipinski definition) is 0. The van der Waals surface area contributed by atoms with Crippen molar-refractivity contribution in [3.63, 3.8) is 0 Å². The standard InChI is InChI=1S/C65H126O6/c1-6-7-8-9-10-11-12-13-14-20-26-32-37-42-47-52-57-65(68)71-62(59-70-64(67)56-51-46-41-36-31-27-22-24-29-34-39-44-49-54-61(4)5)58-69-63(66)55-50-45-40-35-30-25-21-18-16-15-17-19-23-28-33-38-43-48-53-60(2)3/h60-62H,6-59H2,1-5H3/t62-/m0/s1. The van der Waals surface area contributed by atoms with E-state index in [1.54, 1.807) is 0 Å². The van der Waals surface area contributed by atoms with E-state index in [-0.39, 0.29) is 31.1 Å². The van der Waals surface area contributed by atoms with Crippen molar-refractivity contribution in [3.05, 3.63) is 0 Å². The lowest BCUT2D eigenvalue weighted by Crippen LogP contribution is -2.30. The predicted octanol–water partition coefficient (Wildman–Crippen LogP) is 21.6. The summed E-state index contributed by atoms with van der Waals surface area (Å²) in [5.74, 6) is 0.868. The van der Waals surface area contributed by atoms with Crippen LogP contribution in [0.15, 0.2) is 0 Å². The summed E-state index contributed by atoms with van der Waals surface area (Å²) < 4.78 is 17.0. The number of hydrogen-bond acceptors (Lipinski definition) is 6. The number of ether oxygens (including phenoxy) is 3. The molecule has 0 saturated heterocycles. The third-order valence-electron chi connectivity index (χ3n) is 15.0. The van der Waals surface area contributed by atoms with Crippen molar-refractivity contribution in [2.45, 2.75) is 375 Å². The van der Waals surface area contributed by atoms with Gasteiger partial charge in [-0.2, -0.15) is 0 Å². The quantitative estimate of drug-likeness (QED) is 0.0343. The fraction of sp³-hybridized carbons (Fsp3) is 0.954. The van der Waals surface area contributed by atoms with Crippen LogP contribution in [0, 0.1) is 11.8 Å². The van der Waals surface area contributed by atoms with Crippen molar-refractivity contribution in [2.75, 3.05) is 13.2 Å². The van der Waals surface area contributed by atoms with Crippen LogP contribution in [0.25, 0.3) is 0 Å². The van der Waals surface area contributed by atoms with Crippen LogP contribution in [-0.2, 0) is 28.6 Å². The number of carbonyl (C=O) groups excluding carboxylic acids is 3. The first kappa shape index (κ1) is 69.4. The van der Waals surface area contributed by atoms with Gasteiger partial charge >= 0.3 is 17.9 Å². The Balaban J connectivity index is 4.26. The Labute approximate surface area is 444 Å². The van der Waals surface area contributed by atoms with Gasteiger partial charge in [0, 0.05) is 19.3 Å². The van der Waals surface area contributed by atoms with Crippen LogP contribution in [0.3, 0.4) is 0 Å². The summed E-state index contributed by atoms with van der Waals surface area (Å²) in [5.41, 5.74) is 0. The molecule has 422 valence electrons. The SMILES string of the molecule is CCCCCCCCCCCCCCCCCCC(=O)O[C@@H](COC(=O)CCCCCCCCCCCCCCCCCCCCC(C)C)COC(=O)CCCCCCCCCCCCCCCC(C)C. The number of esters is 3. The van der Waals surface area contributed by atoms with Crippen LogP contribution >= 0.6 is 0 Å². The molecule has 0 aliphatic heterocycles. The van der Waals surface area contributed by atoms with Crippen molar-refractivity contribution in [2.24, 2.45) is 11.8 Å². The van der Waals surface area contributed by atoms with E-state index < -0.39 is 6.10 Å². The average molecular weight is 1000 g/mol. The molecule has 0 rings (SSSR count). The van der Waals surface area contributed by atoms with Crippen LogP contribution in [0.5, 0.6) is 0 Å². The van der Waals surface area contributed by atoms with Gasteiger partial charge in [-0.3, -0.25) is 14.4 Å². The largest absolute Gasteiger partial charge is 0.462 e. The van der Waals surface area contributed by atoms with Crippen molar-refractivity contribution in [3.8, 4) is 0 Å². The highest BCUT2D eigenvalue weighted by atomic mass is 16.6. The zero-order valence-corrected chi connectivity index (χ0v) is 48.9. The minimum atomic E-state index is -0.763. The van der Waals surface area contributed by atoms with Gasteiger partial charge in [0.05, 0.1) is 0 Å². The molecule has 0 bridgehead atoms. The monoisotopic (exact) mass is 1000 g/mol. The molecule has 0 saturated carbocycles. The average Bonchev–Trinajstić information content (AvgIpc) is 3.35. The molecule has 0 N–H and O–H groups in total. The number of rotatable bonds is 59. The minimum Gasteiger partial charge on any atom is -0.462 e. The van der Waals surface area contributed by atoms with E-state index in [2.05, 4.69) is 34.6 Å². The smallest absolute Gasteiger partial charge is 0.306 e. The summed E-state index contributed by atoms with van der Waals surface area (Å²) in [6, 6.07) is 0. The maximum Gasteiger partial charge on any atom is 0.306 e. The van der Waals surface area contributed by atoms with E-state index in [4.69, 9.17) is 14.2 Å². The topological polar surface area (TPSA) is 78.9 Å². The van der Waals surface area contributed by atoms with Crippen molar-refractivity contribution >= 4 is 17.9 Å². The Morgan fingerprint density at radius 3 is 0.690 bits per heavy atom. The summed E-state index contributed by atoms with van der Waals surface area (Å²) in [5, 5.41) is 0. The van der Waals surface area contributed by atoms with Crippen LogP contribution in [0.1, 0.15) is 369 Å². The molecule has 0 aromatic rings. The van der Waals surface area contributed by atoms with Gasteiger partial charge < -0.3 is 14.2 Å². The highest BCUT2D eigenvalue weighted by molar-refractivity contribution is 5.71. The predicted molar refractivity (Wildman–Crippen MR) is 307 cm³/mol. The van der Waals surface area contributed by atoms with Gasteiger partial charge in [0.1, 0.15) is 13.2 Å². The maximum absolute atomic E-state index is 12.9. The third kappa shape index (κ3) is 59.2. The molecule has 71 heavy (non-hydrogen) atoms. The molecular weight excluding hydrogens is 877 g/mol. The summed E-state index contributed by atoms with van der Waals surface area (Å²) in [6.45, 7) is 11.5. The Morgan fingerprint density at radius 1 is 0.268 bits per heavy atom. The Hall–Kier alpha value is -1.59. The first-order valence-electron chi connectivity index (χ1n) is 32.2. The van der Waals surface area contributed by atoms with Crippen molar-refractivity contribution in [1.29, 1.82) is 0 Å². The summed E-state index contributed by atoms with van der Waals surface area (Å²) in [4.78, 5) is 38.3. The van der Waals surface area contributed by atoms with Gasteiger partial charge in [0.25, 0.3) is 0 Å². The molecule has 0 radical (unpaired) electrons. The second kappa shape index (κ2) is 57.7. The van der Waals surface area contributed by atoms with Crippen molar-refractivity contribution < 1.29 is 28.6 Å². The fourth-order valence-electron chi connectivity index (χ4n) is 10.1. The van der Waals surface area contributed by atoms with Gasteiger partial charge in [0.15, 0.2) is 6.10 Å². The zero-order chi connectivity index (χ0) is 51.8. The summed E-state index contributed by atoms with van der Waals surface area (Å²) in [7, 11) is 0. The molecule has 0 aromatic carbocycles. The number of unbranched alkanes of at least 4 members (excludes halogenated alkanes) is 44. The highest BCUT2D eigenvalue weighted by Crippen LogP contribution is 2.19. The summed E-state index contributed by atoms with van der Waals surface area (Å²) in [6.07, 6.45) is 63.9. The normalized spacial score (nSPS) is 12.0. The molecule has 0 unspecified atom stereocenters. The van der Waals surface area contributed by atoms with E-state index in [1.807, 2.05) is 0 Å². The molecule has 0 spiro atoms. The first-order chi connectivity index (χ1) is 34.7. The second-order valence-electron chi connectivity index (χ2n) is 23.4. The molecule has 0 amide bonds. The van der Waals surface area contributed by atoms with E-state index in [0.717, 1.165) is 69.6 Å². The van der Waals surface area contributed by atoms with Crippen LogP contribution in [0.4, 0.5) is 0 Å². The van der Waals surface area contributed by atoms with Crippen LogP contribution in [-0.4, -0.2) is 37.2 Å². The Kier molecular flexibility index (Phi) is 56.4.